The van der Waals surface area contributed by atoms with Crippen LogP contribution >= 0.6 is 15.9 Å². The van der Waals surface area contributed by atoms with Gasteiger partial charge >= 0.3 is 0 Å². The third kappa shape index (κ3) is 2.68. The first kappa shape index (κ1) is 10.5. The third-order valence-electron chi connectivity index (χ3n) is 2.01. The predicted octanol–water partition coefficient (Wildman–Crippen LogP) is 3.23. The summed E-state index contributed by atoms with van der Waals surface area (Å²) in [7, 11) is 0. The highest BCUT2D eigenvalue weighted by Crippen LogP contribution is 2.25. The molecule has 0 fully saturated rings. The Labute approximate surface area is 87.2 Å². The molecule has 0 aromatic heterocycles. The van der Waals surface area contributed by atoms with Crippen molar-refractivity contribution in [2.75, 3.05) is 0 Å². The molecule has 1 rings (SSSR count). The number of aliphatic hydroxyl groups is 1. The van der Waals surface area contributed by atoms with E-state index in [1.165, 1.54) is 0 Å². The second-order valence-electron chi connectivity index (χ2n) is 3.27. The highest BCUT2D eigenvalue weighted by Gasteiger charge is 2.20. The SMILES string of the molecule is C=CC[C@@](C)(O)c1ccc(Br)cc1. The molecule has 0 aliphatic rings. The van der Waals surface area contributed by atoms with Gasteiger partial charge in [-0.3, -0.25) is 0 Å². The summed E-state index contributed by atoms with van der Waals surface area (Å²) in [6.45, 7) is 5.41. The molecule has 70 valence electrons. The van der Waals surface area contributed by atoms with Crippen molar-refractivity contribution in [2.45, 2.75) is 18.9 Å². The van der Waals surface area contributed by atoms with Gasteiger partial charge in [0.25, 0.3) is 0 Å². The summed E-state index contributed by atoms with van der Waals surface area (Å²) in [5.41, 5.74) is 0.109. The molecule has 0 amide bonds. The lowest BCUT2D eigenvalue weighted by atomic mass is 9.93. The highest BCUT2D eigenvalue weighted by atomic mass is 79.9. The molecule has 1 aromatic carbocycles. The zero-order valence-electron chi connectivity index (χ0n) is 7.63. The van der Waals surface area contributed by atoms with Crippen LogP contribution in [0.15, 0.2) is 41.4 Å². The number of hydrogen-bond acceptors (Lipinski definition) is 1. The van der Waals surface area contributed by atoms with Gasteiger partial charge in [-0.05, 0) is 31.0 Å². The van der Waals surface area contributed by atoms with E-state index >= 15 is 0 Å². The van der Waals surface area contributed by atoms with Crippen molar-refractivity contribution in [1.29, 1.82) is 0 Å². The summed E-state index contributed by atoms with van der Waals surface area (Å²) in [5, 5.41) is 9.99. The van der Waals surface area contributed by atoms with E-state index < -0.39 is 5.60 Å². The van der Waals surface area contributed by atoms with Gasteiger partial charge in [-0.15, -0.1) is 6.58 Å². The maximum atomic E-state index is 9.99. The zero-order valence-corrected chi connectivity index (χ0v) is 9.21. The van der Waals surface area contributed by atoms with Gasteiger partial charge in [-0.25, -0.2) is 0 Å². The molecular weight excluding hydrogens is 228 g/mol. The molecular formula is C11H13BrO. The molecule has 0 heterocycles. The van der Waals surface area contributed by atoms with Gasteiger partial charge in [0.2, 0.25) is 0 Å². The Morgan fingerprint density at radius 1 is 1.46 bits per heavy atom. The van der Waals surface area contributed by atoms with Crippen molar-refractivity contribution < 1.29 is 5.11 Å². The molecule has 13 heavy (non-hydrogen) atoms. The van der Waals surface area contributed by atoms with Crippen LogP contribution in [-0.2, 0) is 5.60 Å². The Bertz CT molecular complexity index is 287. The van der Waals surface area contributed by atoms with E-state index in [0.29, 0.717) is 6.42 Å². The molecule has 0 unspecified atom stereocenters. The Kier molecular flexibility index (Phi) is 3.28. The van der Waals surface area contributed by atoms with Crippen molar-refractivity contribution in [3.63, 3.8) is 0 Å². The molecule has 0 bridgehead atoms. The van der Waals surface area contributed by atoms with Crippen molar-refractivity contribution in [3.8, 4) is 0 Å². The fourth-order valence-corrected chi connectivity index (χ4v) is 1.47. The number of rotatable bonds is 3. The van der Waals surface area contributed by atoms with Gasteiger partial charge in [0.1, 0.15) is 0 Å². The molecule has 0 aliphatic carbocycles. The first-order valence-electron chi connectivity index (χ1n) is 4.15. The first-order chi connectivity index (χ1) is 6.06. The van der Waals surface area contributed by atoms with Crippen LogP contribution in [0.25, 0.3) is 0 Å². The third-order valence-corrected chi connectivity index (χ3v) is 2.54. The lowest BCUT2D eigenvalue weighted by Gasteiger charge is -2.21. The fraction of sp³-hybridized carbons (Fsp3) is 0.273. The second-order valence-corrected chi connectivity index (χ2v) is 4.19. The summed E-state index contributed by atoms with van der Waals surface area (Å²) in [6, 6.07) is 7.67. The van der Waals surface area contributed by atoms with Gasteiger partial charge in [0.05, 0.1) is 5.60 Å². The van der Waals surface area contributed by atoms with E-state index in [-0.39, 0.29) is 0 Å². The first-order valence-corrected chi connectivity index (χ1v) is 4.95. The molecule has 1 N–H and O–H groups in total. The quantitative estimate of drug-likeness (QED) is 0.805. The fourth-order valence-electron chi connectivity index (χ4n) is 1.21. The minimum Gasteiger partial charge on any atom is -0.385 e. The van der Waals surface area contributed by atoms with Crippen molar-refractivity contribution in [1.82, 2.24) is 0 Å². The number of benzene rings is 1. The van der Waals surface area contributed by atoms with Gasteiger partial charge < -0.3 is 5.11 Å². The Balaban J connectivity index is 2.93. The summed E-state index contributed by atoms with van der Waals surface area (Å²) >= 11 is 3.35. The summed E-state index contributed by atoms with van der Waals surface area (Å²) < 4.78 is 1.02. The van der Waals surface area contributed by atoms with Crippen LogP contribution in [-0.4, -0.2) is 5.11 Å². The summed E-state index contributed by atoms with van der Waals surface area (Å²) in [4.78, 5) is 0. The van der Waals surface area contributed by atoms with Crippen LogP contribution in [0.4, 0.5) is 0 Å². The Morgan fingerprint density at radius 3 is 2.46 bits per heavy atom. The van der Waals surface area contributed by atoms with E-state index in [1.54, 1.807) is 13.0 Å². The molecule has 0 saturated heterocycles. The molecule has 0 saturated carbocycles. The van der Waals surface area contributed by atoms with Crippen LogP contribution in [0.5, 0.6) is 0 Å². The van der Waals surface area contributed by atoms with Crippen molar-refractivity contribution in [3.05, 3.63) is 47.0 Å². The van der Waals surface area contributed by atoms with Crippen LogP contribution in [0.3, 0.4) is 0 Å². The van der Waals surface area contributed by atoms with Crippen LogP contribution in [0.2, 0.25) is 0 Å². The largest absolute Gasteiger partial charge is 0.385 e. The number of hydrogen-bond donors (Lipinski definition) is 1. The van der Waals surface area contributed by atoms with E-state index in [4.69, 9.17) is 0 Å². The van der Waals surface area contributed by atoms with Gasteiger partial charge in [0, 0.05) is 4.47 Å². The maximum absolute atomic E-state index is 9.99. The number of halogens is 1. The van der Waals surface area contributed by atoms with Crippen LogP contribution < -0.4 is 0 Å². The van der Waals surface area contributed by atoms with Crippen LogP contribution in [0.1, 0.15) is 18.9 Å². The highest BCUT2D eigenvalue weighted by molar-refractivity contribution is 9.10. The van der Waals surface area contributed by atoms with Crippen molar-refractivity contribution in [2.24, 2.45) is 0 Å². The maximum Gasteiger partial charge on any atom is 0.0902 e. The average Bonchev–Trinajstić information content (AvgIpc) is 2.05. The Hall–Kier alpha value is -0.600. The van der Waals surface area contributed by atoms with E-state index in [1.807, 2.05) is 24.3 Å². The van der Waals surface area contributed by atoms with E-state index in [0.717, 1.165) is 10.0 Å². The summed E-state index contributed by atoms with van der Waals surface area (Å²) in [6.07, 6.45) is 2.29. The molecule has 1 aromatic rings. The standard InChI is InChI=1S/C11H13BrO/c1-3-8-11(2,13)9-4-6-10(12)7-5-9/h3-7,13H,1,8H2,2H3/t11-/m1/s1. The second kappa shape index (κ2) is 4.07. The van der Waals surface area contributed by atoms with Gasteiger partial charge in [0.15, 0.2) is 0 Å². The van der Waals surface area contributed by atoms with E-state index in [2.05, 4.69) is 22.5 Å². The zero-order chi connectivity index (χ0) is 9.90. The molecule has 0 spiro atoms. The normalized spacial score (nSPS) is 15.0. The van der Waals surface area contributed by atoms with Gasteiger partial charge in [-0.1, -0.05) is 34.1 Å². The van der Waals surface area contributed by atoms with Gasteiger partial charge in [-0.2, -0.15) is 0 Å². The molecule has 2 heteroatoms. The lowest BCUT2D eigenvalue weighted by molar-refractivity contribution is 0.0606. The van der Waals surface area contributed by atoms with E-state index in [9.17, 15) is 5.11 Å². The summed E-state index contributed by atoms with van der Waals surface area (Å²) in [5.74, 6) is 0. The lowest BCUT2D eigenvalue weighted by Crippen LogP contribution is -2.19. The topological polar surface area (TPSA) is 20.2 Å². The van der Waals surface area contributed by atoms with Crippen molar-refractivity contribution >= 4 is 15.9 Å². The van der Waals surface area contributed by atoms with Crippen LogP contribution in [0, 0.1) is 0 Å². The minimum atomic E-state index is -0.803. The molecule has 0 radical (unpaired) electrons. The molecule has 0 aliphatic heterocycles. The molecule has 1 nitrogen and oxygen atoms in total. The predicted molar refractivity (Wildman–Crippen MR) is 58.5 cm³/mol. The monoisotopic (exact) mass is 240 g/mol. The Morgan fingerprint density at radius 2 is 2.00 bits per heavy atom. The smallest absolute Gasteiger partial charge is 0.0902 e. The minimum absolute atomic E-state index is 0.564. The molecule has 1 atom stereocenters. The average molecular weight is 241 g/mol.